The Morgan fingerprint density at radius 2 is 1.88 bits per heavy atom. The fourth-order valence-electron chi connectivity index (χ4n) is 1.75. The van der Waals surface area contributed by atoms with E-state index in [4.69, 9.17) is 10.2 Å². The average Bonchev–Trinajstić information content (AvgIpc) is 2.63. The van der Waals surface area contributed by atoms with Crippen molar-refractivity contribution in [3.8, 4) is 0 Å². The van der Waals surface area contributed by atoms with Gasteiger partial charge in [-0.25, -0.2) is 14.1 Å². The molecule has 0 spiro atoms. The van der Waals surface area contributed by atoms with E-state index >= 15 is 0 Å². The van der Waals surface area contributed by atoms with Crippen LogP contribution in [0.15, 0.2) is 12.3 Å². The van der Waals surface area contributed by atoms with Crippen molar-refractivity contribution in [1.29, 1.82) is 0 Å². The van der Waals surface area contributed by atoms with Crippen LogP contribution in [0.1, 0.15) is 32.0 Å². The molecule has 2 aromatic rings. The van der Waals surface area contributed by atoms with E-state index in [0.717, 1.165) is 5.56 Å². The number of carbonyl (C=O) groups is 2. The number of fused-ring (bicyclic) bond motifs is 1. The van der Waals surface area contributed by atoms with Crippen LogP contribution < -0.4 is 0 Å². The predicted molar refractivity (Wildman–Crippen MR) is 58.6 cm³/mol. The quantitative estimate of drug-likeness (QED) is 0.818. The number of rotatable bonds is 2. The molecule has 6 nitrogen and oxygen atoms in total. The molecule has 2 aromatic heterocycles. The topological polar surface area (TPSA) is 91.9 Å². The molecule has 6 heteroatoms. The molecule has 2 heterocycles. The molecule has 0 bridgehead atoms. The molecule has 0 aliphatic rings. The van der Waals surface area contributed by atoms with Crippen LogP contribution in [-0.4, -0.2) is 31.8 Å². The molecule has 0 radical (unpaired) electrons. The van der Waals surface area contributed by atoms with Crippen molar-refractivity contribution in [2.45, 2.75) is 13.8 Å². The van der Waals surface area contributed by atoms with E-state index in [2.05, 4.69) is 5.10 Å². The van der Waals surface area contributed by atoms with Gasteiger partial charge in [0.2, 0.25) is 0 Å². The largest absolute Gasteiger partial charge is 0.478 e. The number of aromatic nitrogens is 2. The number of pyridine rings is 1. The van der Waals surface area contributed by atoms with Gasteiger partial charge >= 0.3 is 11.9 Å². The fourth-order valence-corrected chi connectivity index (χ4v) is 1.75. The molecule has 0 atom stereocenters. The number of carboxylic acid groups (broad SMARTS) is 2. The lowest BCUT2D eigenvalue weighted by atomic mass is 10.1. The van der Waals surface area contributed by atoms with Crippen molar-refractivity contribution in [2.24, 2.45) is 0 Å². The smallest absolute Gasteiger partial charge is 0.357 e. The van der Waals surface area contributed by atoms with Gasteiger partial charge in [0.05, 0.1) is 5.52 Å². The molecule has 0 saturated carbocycles. The van der Waals surface area contributed by atoms with Gasteiger partial charge in [-0.2, -0.15) is 5.10 Å². The van der Waals surface area contributed by atoms with E-state index in [0.29, 0.717) is 11.1 Å². The Morgan fingerprint density at radius 1 is 1.24 bits per heavy atom. The van der Waals surface area contributed by atoms with E-state index in [-0.39, 0.29) is 5.56 Å². The molecule has 0 amide bonds. The minimum absolute atomic E-state index is 0.265. The summed E-state index contributed by atoms with van der Waals surface area (Å²) in [4.78, 5) is 22.1. The summed E-state index contributed by atoms with van der Waals surface area (Å²) in [5.41, 5.74) is 1.22. The Balaban J connectivity index is 2.97. The van der Waals surface area contributed by atoms with Crippen LogP contribution in [0, 0.1) is 13.8 Å². The standard InChI is InChI=1S/C11H10N2O4/c1-5-3-4-13-9(6(5)2)7(10(14)15)8(12-13)11(16)17/h3-4H,1-2H3,(H,14,15)(H,16,17). The molecule has 0 saturated heterocycles. The normalized spacial score (nSPS) is 10.7. The van der Waals surface area contributed by atoms with Crippen LogP contribution in [0.3, 0.4) is 0 Å². The van der Waals surface area contributed by atoms with Crippen molar-refractivity contribution in [3.63, 3.8) is 0 Å². The summed E-state index contributed by atoms with van der Waals surface area (Å²) in [6.07, 6.45) is 1.55. The molecule has 0 aliphatic carbocycles. The molecular formula is C11H10N2O4. The Labute approximate surface area is 96.1 Å². The van der Waals surface area contributed by atoms with Crippen LogP contribution in [0.25, 0.3) is 5.52 Å². The second kappa shape index (κ2) is 3.58. The third kappa shape index (κ3) is 1.54. The Bertz CT molecular complexity index is 642. The maximum absolute atomic E-state index is 11.1. The van der Waals surface area contributed by atoms with Gasteiger partial charge in [0.25, 0.3) is 0 Å². The summed E-state index contributed by atoms with van der Waals surface area (Å²) in [6.45, 7) is 3.57. The second-order valence-corrected chi connectivity index (χ2v) is 3.75. The van der Waals surface area contributed by atoms with Gasteiger partial charge in [-0.1, -0.05) is 0 Å². The maximum atomic E-state index is 11.1. The van der Waals surface area contributed by atoms with Crippen molar-refractivity contribution < 1.29 is 19.8 Å². The first-order valence-electron chi connectivity index (χ1n) is 4.88. The molecular weight excluding hydrogens is 224 g/mol. The van der Waals surface area contributed by atoms with E-state index in [1.807, 2.05) is 6.92 Å². The van der Waals surface area contributed by atoms with Crippen molar-refractivity contribution in [1.82, 2.24) is 9.61 Å². The van der Waals surface area contributed by atoms with E-state index in [9.17, 15) is 9.59 Å². The van der Waals surface area contributed by atoms with Crippen LogP contribution in [-0.2, 0) is 0 Å². The van der Waals surface area contributed by atoms with Crippen LogP contribution in [0.5, 0.6) is 0 Å². The Hall–Kier alpha value is -2.37. The number of hydrogen-bond acceptors (Lipinski definition) is 3. The maximum Gasteiger partial charge on any atom is 0.357 e. The van der Waals surface area contributed by atoms with Gasteiger partial charge < -0.3 is 10.2 Å². The monoisotopic (exact) mass is 234 g/mol. The third-order valence-corrected chi connectivity index (χ3v) is 2.74. The molecule has 17 heavy (non-hydrogen) atoms. The van der Waals surface area contributed by atoms with E-state index < -0.39 is 17.6 Å². The van der Waals surface area contributed by atoms with Gasteiger partial charge in [-0.3, -0.25) is 0 Å². The lowest BCUT2D eigenvalue weighted by molar-refractivity contribution is 0.0649. The molecule has 0 aliphatic heterocycles. The van der Waals surface area contributed by atoms with Gasteiger partial charge in [0, 0.05) is 6.20 Å². The first-order chi connectivity index (χ1) is 7.93. The SMILES string of the molecule is Cc1ccn2nc(C(=O)O)c(C(=O)O)c2c1C. The highest BCUT2D eigenvalue weighted by molar-refractivity contribution is 6.06. The highest BCUT2D eigenvalue weighted by Crippen LogP contribution is 2.22. The molecule has 2 N–H and O–H groups in total. The lowest BCUT2D eigenvalue weighted by Crippen LogP contribution is -2.06. The van der Waals surface area contributed by atoms with Crippen molar-refractivity contribution in [3.05, 3.63) is 34.6 Å². The van der Waals surface area contributed by atoms with Crippen molar-refractivity contribution >= 4 is 17.5 Å². The Morgan fingerprint density at radius 3 is 2.41 bits per heavy atom. The van der Waals surface area contributed by atoms with Crippen LogP contribution >= 0.6 is 0 Å². The summed E-state index contributed by atoms with van der Waals surface area (Å²) in [5.74, 6) is -2.63. The zero-order valence-electron chi connectivity index (χ0n) is 9.26. The molecule has 2 rings (SSSR count). The second-order valence-electron chi connectivity index (χ2n) is 3.75. The Kier molecular flexibility index (Phi) is 2.35. The number of aryl methyl sites for hydroxylation is 2. The van der Waals surface area contributed by atoms with E-state index in [1.165, 1.54) is 4.52 Å². The summed E-state index contributed by atoms with van der Waals surface area (Å²) >= 11 is 0. The van der Waals surface area contributed by atoms with Gasteiger partial charge in [0.15, 0.2) is 5.69 Å². The predicted octanol–water partition coefficient (Wildman–Crippen LogP) is 1.35. The van der Waals surface area contributed by atoms with Crippen LogP contribution in [0.2, 0.25) is 0 Å². The number of aromatic carboxylic acids is 2. The molecule has 0 fully saturated rings. The van der Waals surface area contributed by atoms with Gasteiger partial charge in [0.1, 0.15) is 5.56 Å². The zero-order chi connectivity index (χ0) is 12.7. The van der Waals surface area contributed by atoms with Gasteiger partial charge in [-0.15, -0.1) is 0 Å². The minimum atomic E-state index is -1.34. The highest BCUT2D eigenvalue weighted by atomic mass is 16.4. The molecule has 88 valence electrons. The summed E-state index contributed by atoms with van der Waals surface area (Å²) < 4.78 is 1.29. The highest BCUT2D eigenvalue weighted by Gasteiger charge is 2.25. The molecule has 0 aromatic carbocycles. The number of nitrogens with zero attached hydrogens (tertiary/aromatic N) is 2. The number of hydrogen-bond donors (Lipinski definition) is 2. The average molecular weight is 234 g/mol. The summed E-state index contributed by atoms with van der Waals surface area (Å²) in [6, 6.07) is 1.76. The summed E-state index contributed by atoms with van der Waals surface area (Å²) in [5, 5.41) is 21.8. The van der Waals surface area contributed by atoms with Crippen LogP contribution in [0.4, 0.5) is 0 Å². The third-order valence-electron chi connectivity index (χ3n) is 2.74. The number of carboxylic acids is 2. The van der Waals surface area contributed by atoms with E-state index in [1.54, 1.807) is 19.2 Å². The van der Waals surface area contributed by atoms with Gasteiger partial charge in [-0.05, 0) is 31.0 Å². The first kappa shape index (κ1) is 11.1. The first-order valence-corrected chi connectivity index (χ1v) is 4.88. The fraction of sp³-hybridized carbons (Fsp3) is 0.182. The lowest BCUT2D eigenvalue weighted by Gasteiger charge is -2.02. The molecule has 0 unspecified atom stereocenters. The summed E-state index contributed by atoms with van der Waals surface area (Å²) in [7, 11) is 0. The van der Waals surface area contributed by atoms with Crippen molar-refractivity contribution in [2.75, 3.05) is 0 Å². The zero-order valence-corrected chi connectivity index (χ0v) is 9.26. The minimum Gasteiger partial charge on any atom is -0.478 e.